The van der Waals surface area contributed by atoms with Crippen molar-refractivity contribution in [1.29, 1.82) is 0 Å². The first-order chi connectivity index (χ1) is 9.58. The van der Waals surface area contributed by atoms with Crippen LogP contribution in [-0.4, -0.2) is 49.3 Å². The predicted molar refractivity (Wildman–Crippen MR) is 75.9 cm³/mol. The van der Waals surface area contributed by atoms with Crippen molar-refractivity contribution >= 4 is 16.9 Å². The van der Waals surface area contributed by atoms with Gasteiger partial charge < -0.3 is 19.5 Å². The van der Waals surface area contributed by atoms with Crippen LogP contribution >= 0.6 is 0 Å². The van der Waals surface area contributed by atoms with E-state index in [9.17, 15) is 13.3 Å². The summed E-state index contributed by atoms with van der Waals surface area (Å²) in [6.45, 7) is 3.01. The van der Waals surface area contributed by atoms with Crippen molar-refractivity contribution in [2.75, 3.05) is 49.7 Å². The standard InChI is InChI=1S/C13H18F2N2O2S/c1-20(18)7-6-19-13-9-12(10(14)8-11(13)15)17-4-2-16-3-5-17/h8-9,16H,2-7H2,1H3/t20-/m1/s1. The highest BCUT2D eigenvalue weighted by molar-refractivity contribution is 7.90. The third-order valence-corrected chi connectivity index (χ3v) is 3.83. The molecule has 1 aromatic carbocycles. The van der Waals surface area contributed by atoms with Crippen molar-refractivity contribution < 1.29 is 18.1 Å². The predicted octanol–water partition coefficient (Wildman–Crippen LogP) is 1.13. The molecule has 4 nitrogen and oxygen atoms in total. The largest absolute Gasteiger partial charge is 0.616 e. The van der Waals surface area contributed by atoms with Crippen LogP contribution in [0.5, 0.6) is 5.75 Å². The molecule has 1 aromatic rings. The number of ether oxygens (including phenoxy) is 1. The second kappa shape index (κ2) is 7.10. The fourth-order valence-corrected chi connectivity index (χ4v) is 2.36. The molecule has 0 amide bonds. The molecule has 2 rings (SSSR count). The molecular formula is C13H18F2N2O2S. The molecule has 112 valence electrons. The number of benzene rings is 1. The maximum atomic E-state index is 13.9. The molecule has 1 saturated heterocycles. The van der Waals surface area contributed by atoms with Crippen molar-refractivity contribution in [2.24, 2.45) is 0 Å². The van der Waals surface area contributed by atoms with Crippen LogP contribution in [0.2, 0.25) is 0 Å². The Morgan fingerprint density at radius 2 is 2.00 bits per heavy atom. The summed E-state index contributed by atoms with van der Waals surface area (Å²) in [4.78, 5) is 1.86. The average Bonchev–Trinajstić information content (AvgIpc) is 2.42. The van der Waals surface area contributed by atoms with Crippen molar-refractivity contribution in [2.45, 2.75) is 0 Å². The first-order valence-electron chi connectivity index (χ1n) is 6.45. The van der Waals surface area contributed by atoms with Crippen molar-refractivity contribution in [1.82, 2.24) is 5.32 Å². The van der Waals surface area contributed by atoms with E-state index in [1.165, 1.54) is 6.07 Å². The van der Waals surface area contributed by atoms with E-state index in [0.29, 0.717) is 24.5 Å². The molecule has 0 saturated carbocycles. The maximum Gasteiger partial charge on any atom is 0.168 e. The van der Waals surface area contributed by atoms with E-state index in [2.05, 4.69) is 5.32 Å². The minimum atomic E-state index is -1.00. The Labute approximate surface area is 120 Å². The Morgan fingerprint density at radius 3 is 2.65 bits per heavy atom. The zero-order chi connectivity index (χ0) is 14.5. The molecule has 1 aliphatic heterocycles. The summed E-state index contributed by atoms with van der Waals surface area (Å²) in [7, 11) is 0. The van der Waals surface area contributed by atoms with Crippen LogP contribution in [0.3, 0.4) is 0 Å². The Hall–Kier alpha value is -1.05. The van der Waals surface area contributed by atoms with Crippen LogP contribution in [0.4, 0.5) is 14.5 Å². The molecule has 1 atom stereocenters. The van der Waals surface area contributed by atoms with E-state index in [-0.39, 0.29) is 12.4 Å². The minimum absolute atomic E-state index is 0.00498. The lowest BCUT2D eigenvalue weighted by molar-refractivity contribution is 0.321. The molecule has 0 unspecified atom stereocenters. The minimum Gasteiger partial charge on any atom is -0.616 e. The highest BCUT2D eigenvalue weighted by atomic mass is 32.2. The number of halogens is 2. The number of rotatable bonds is 5. The molecule has 1 heterocycles. The van der Waals surface area contributed by atoms with E-state index >= 15 is 0 Å². The first kappa shape index (κ1) is 15.3. The van der Waals surface area contributed by atoms with E-state index in [0.717, 1.165) is 19.2 Å². The van der Waals surface area contributed by atoms with Gasteiger partial charge in [0.1, 0.15) is 18.2 Å². The number of nitrogens with one attached hydrogen (secondary N) is 1. The Kier molecular flexibility index (Phi) is 5.45. The van der Waals surface area contributed by atoms with Gasteiger partial charge in [0, 0.05) is 38.3 Å². The summed E-state index contributed by atoms with van der Waals surface area (Å²) in [5.41, 5.74) is 0.348. The zero-order valence-corrected chi connectivity index (χ0v) is 12.1. The number of hydrogen-bond donors (Lipinski definition) is 1. The number of anilines is 1. The van der Waals surface area contributed by atoms with E-state index < -0.39 is 22.8 Å². The smallest absolute Gasteiger partial charge is 0.168 e. The van der Waals surface area contributed by atoms with Gasteiger partial charge in [-0.2, -0.15) is 0 Å². The summed E-state index contributed by atoms with van der Waals surface area (Å²) in [5, 5.41) is 3.17. The summed E-state index contributed by atoms with van der Waals surface area (Å²) < 4.78 is 43.7. The average molecular weight is 304 g/mol. The van der Waals surface area contributed by atoms with Crippen LogP contribution in [0, 0.1) is 11.6 Å². The number of piperazine rings is 1. The van der Waals surface area contributed by atoms with Gasteiger partial charge in [-0.1, -0.05) is 11.2 Å². The fourth-order valence-electron chi connectivity index (χ4n) is 2.05. The highest BCUT2D eigenvalue weighted by Gasteiger charge is 2.18. The van der Waals surface area contributed by atoms with Gasteiger partial charge in [-0.25, -0.2) is 8.78 Å². The van der Waals surface area contributed by atoms with Gasteiger partial charge in [0.05, 0.1) is 11.9 Å². The first-order valence-corrected chi connectivity index (χ1v) is 8.18. The normalized spacial score (nSPS) is 17.1. The third-order valence-electron chi connectivity index (χ3n) is 3.09. The topological polar surface area (TPSA) is 47.6 Å². The monoisotopic (exact) mass is 304 g/mol. The van der Waals surface area contributed by atoms with Gasteiger partial charge in [0.15, 0.2) is 11.6 Å². The molecular weight excluding hydrogens is 286 g/mol. The van der Waals surface area contributed by atoms with Crippen LogP contribution in [0.15, 0.2) is 12.1 Å². The van der Waals surface area contributed by atoms with Crippen LogP contribution < -0.4 is 15.0 Å². The van der Waals surface area contributed by atoms with Gasteiger partial charge in [-0.05, 0) is 0 Å². The lowest BCUT2D eigenvalue weighted by atomic mass is 10.2. The van der Waals surface area contributed by atoms with Crippen molar-refractivity contribution in [3.63, 3.8) is 0 Å². The van der Waals surface area contributed by atoms with Crippen molar-refractivity contribution in [3.05, 3.63) is 23.8 Å². The molecule has 1 fully saturated rings. The molecule has 1 N–H and O–H groups in total. The number of hydrogen-bond acceptors (Lipinski definition) is 4. The highest BCUT2D eigenvalue weighted by Crippen LogP contribution is 2.28. The van der Waals surface area contributed by atoms with Gasteiger partial charge >= 0.3 is 0 Å². The van der Waals surface area contributed by atoms with E-state index in [4.69, 9.17) is 4.74 Å². The Balaban J connectivity index is 2.11. The Bertz CT molecular complexity index is 454. The maximum absolute atomic E-state index is 13.9. The van der Waals surface area contributed by atoms with E-state index in [1.807, 2.05) is 4.90 Å². The van der Waals surface area contributed by atoms with Crippen LogP contribution in [0.25, 0.3) is 0 Å². The summed E-state index contributed by atoms with van der Waals surface area (Å²) in [6.07, 6.45) is 1.55. The molecule has 0 aromatic heterocycles. The molecule has 0 aliphatic carbocycles. The molecule has 1 aliphatic rings. The van der Waals surface area contributed by atoms with Crippen LogP contribution in [0.1, 0.15) is 0 Å². The lowest BCUT2D eigenvalue weighted by Gasteiger charge is -2.30. The summed E-state index contributed by atoms with van der Waals surface area (Å²) in [5.74, 6) is -0.996. The second-order valence-corrected chi connectivity index (χ2v) is 6.15. The van der Waals surface area contributed by atoms with Gasteiger partial charge in [-0.3, -0.25) is 0 Å². The third kappa shape index (κ3) is 3.97. The molecule has 0 radical (unpaired) electrons. The number of nitrogens with zero attached hydrogens (tertiary/aromatic N) is 1. The second-order valence-electron chi connectivity index (χ2n) is 4.60. The van der Waals surface area contributed by atoms with Gasteiger partial charge in [0.25, 0.3) is 0 Å². The SMILES string of the molecule is C[S@@+]([O-])CCOc1cc(N2CCNCC2)c(F)cc1F. The van der Waals surface area contributed by atoms with Crippen molar-refractivity contribution in [3.8, 4) is 5.75 Å². The Morgan fingerprint density at radius 1 is 1.30 bits per heavy atom. The molecule has 20 heavy (non-hydrogen) atoms. The van der Waals surface area contributed by atoms with Gasteiger partial charge in [0.2, 0.25) is 0 Å². The quantitative estimate of drug-likeness (QED) is 0.829. The van der Waals surface area contributed by atoms with Gasteiger partial charge in [-0.15, -0.1) is 0 Å². The lowest BCUT2D eigenvalue weighted by Crippen LogP contribution is -2.43. The van der Waals surface area contributed by atoms with Crippen LogP contribution in [-0.2, 0) is 11.2 Å². The summed E-state index contributed by atoms with van der Waals surface area (Å²) >= 11 is -1.00. The zero-order valence-electron chi connectivity index (χ0n) is 11.3. The molecule has 0 spiro atoms. The summed E-state index contributed by atoms with van der Waals surface area (Å²) in [6, 6.07) is 2.23. The fraction of sp³-hybridized carbons (Fsp3) is 0.538. The molecule has 0 bridgehead atoms. The van der Waals surface area contributed by atoms with E-state index in [1.54, 1.807) is 6.26 Å². The molecule has 7 heteroatoms.